The van der Waals surface area contributed by atoms with Crippen LogP contribution in [0.4, 0.5) is 0 Å². The van der Waals surface area contributed by atoms with Crippen LogP contribution in [0.5, 0.6) is 5.75 Å². The molecule has 0 unspecified atom stereocenters. The van der Waals surface area contributed by atoms with Gasteiger partial charge in [-0.1, -0.05) is 6.92 Å². The zero-order valence-corrected chi connectivity index (χ0v) is 9.27. The summed E-state index contributed by atoms with van der Waals surface area (Å²) in [4.78, 5) is 14.3. The van der Waals surface area contributed by atoms with E-state index in [1.165, 1.54) is 6.20 Å². The molecule has 0 amide bonds. The van der Waals surface area contributed by atoms with Crippen molar-refractivity contribution in [2.75, 3.05) is 13.2 Å². The molecule has 1 heterocycles. The number of carboxylic acid groups (broad SMARTS) is 1. The summed E-state index contributed by atoms with van der Waals surface area (Å²) in [5.41, 5.74) is 0.983. The Kier molecular flexibility index (Phi) is 5.28. The van der Waals surface area contributed by atoms with E-state index in [0.29, 0.717) is 12.3 Å². The third-order valence-electron chi connectivity index (χ3n) is 1.89. The van der Waals surface area contributed by atoms with Gasteiger partial charge in [-0.2, -0.15) is 0 Å². The molecule has 0 aliphatic heterocycles. The number of pyridine rings is 1. The lowest BCUT2D eigenvalue weighted by Crippen LogP contribution is -2.14. The molecule has 88 valence electrons. The lowest BCUT2D eigenvalue weighted by atomic mass is 10.2. The molecule has 0 saturated carbocycles. The third-order valence-corrected chi connectivity index (χ3v) is 1.89. The largest absolute Gasteiger partial charge is 0.480 e. The lowest BCUT2D eigenvalue weighted by molar-refractivity contribution is -0.139. The Labute approximate surface area is 94.5 Å². The SMILES string of the molecule is CCCNCc1cncc(OCC(=O)O)c1. The van der Waals surface area contributed by atoms with Crippen molar-refractivity contribution in [2.45, 2.75) is 19.9 Å². The van der Waals surface area contributed by atoms with Crippen LogP contribution in [-0.2, 0) is 11.3 Å². The van der Waals surface area contributed by atoms with E-state index in [9.17, 15) is 4.79 Å². The van der Waals surface area contributed by atoms with Gasteiger partial charge in [-0.3, -0.25) is 4.98 Å². The first-order chi connectivity index (χ1) is 7.72. The molecule has 0 aromatic carbocycles. The number of ether oxygens (including phenoxy) is 1. The first-order valence-electron chi connectivity index (χ1n) is 5.21. The standard InChI is InChI=1S/C11H16N2O3/c1-2-3-12-5-9-4-10(7-13-6-9)16-8-11(14)15/h4,6-7,12H,2-3,5,8H2,1H3,(H,14,15). The number of hydrogen-bond acceptors (Lipinski definition) is 4. The second-order valence-corrected chi connectivity index (χ2v) is 3.39. The molecular weight excluding hydrogens is 208 g/mol. The van der Waals surface area contributed by atoms with Gasteiger partial charge in [0.1, 0.15) is 5.75 Å². The number of rotatable bonds is 7. The molecule has 2 N–H and O–H groups in total. The van der Waals surface area contributed by atoms with Gasteiger partial charge in [-0.25, -0.2) is 4.79 Å². The summed E-state index contributed by atoms with van der Waals surface area (Å²) in [5, 5.41) is 11.7. The smallest absolute Gasteiger partial charge is 0.341 e. The van der Waals surface area contributed by atoms with Crippen LogP contribution in [0.1, 0.15) is 18.9 Å². The van der Waals surface area contributed by atoms with Gasteiger partial charge in [0.25, 0.3) is 0 Å². The molecule has 5 nitrogen and oxygen atoms in total. The molecule has 0 bridgehead atoms. The normalized spacial score (nSPS) is 10.1. The molecule has 1 aromatic heterocycles. The summed E-state index contributed by atoms with van der Waals surface area (Å²) in [6.07, 6.45) is 4.31. The van der Waals surface area contributed by atoms with Gasteiger partial charge in [0, 0.05) is 12.7 Å². The van der Waals surface area contributed by atoms with Crippen molar-refractivity contribution in [3.05, 3.63) is 24.0 Å². The first kappa shape index (κ1) is 12.4. The number of carbonyl (C=O) groups is 1. The van der Waals surface area contributed by atoms with Crippen molar-refractivity contribution in [3.8, 4) is 5.75 Å². The molecule has 0 aliphatic carbocycles. The van der Waals surface area contributed by atoms with Crippen LogP contribution < -0.4 is 10.1 Å². The van der Waals surface area contributed by atoms with E-state index in [-0.39, 0.29) is 6.61 Å². The van der Waals surface area contributed by atoms with Crippen LogP contribution in [-0.4, -0.2) is 29.2 Å². The quantitative estimate of drug-likeness (QED) is 0.677. The maximum Gasteiger partial charge on any atom is 0.341 e. The van der Waals surface area contributed by atoms with Gasteiger partial charge in [-0.05, 0) is 24.6 Å². The monoisotopic (exact) mass is 224 g/mol. The van der Waals surface area contributed by atoms with Crippen molar-refractivity contribution >= 4 is 5.97 Å². The number of carboxylic acids is 1. The zero-order valence-electron chi connectivity index (χ0n) is 9.27. The molecule has 1 aromatic rings. The summed E-state index contributed by atoms with van der Waals surface area (Å²) in [7, 11) is 0. The highest BCUT2D eigenvalue weighted by Crippen LogP contribution is 2.10. The Balaban J connectivity index is 2.46. The van der Waals surface area contributed by atoms with Crippen molar-refractivity contribution in [2.24, 2.45) is 0 Å². The Morgan fingerprint density at radius 1 is 1.56 bits per heavy atom. The average Bonchev–Trinajstić information content (AvgIpc) is 2.27. The van der Waals surface area contributed by atoms with E-state index in [1.54, 1.807) is 12.3 Å². The minimum absolute atomic E-state index is 0.340. The molecule has 0 saturated heterocycles. The average molecular weight is 224 g/mol. The number of nitrogens with one attached hydrogen (secondary N) is 1. The molecule has 5 heteroatoms. The van der Waals surface area contributed by atoms with Crippen LogP contribution in [0.2, 0.25) is 0 Å². The fraction of sp³-hybridized carbons (Fsp3) is 0.455. The highest BCUT2D eigenvalue weighted by Gasteiger charge is 2.01. The van der Waals surface area contributed by atoms with Crippen molar-refractivity contribution in [1.29, 1.82) is 0 Å². The summed E-state index contributed by atoms with van der Waals surface area (Å²) in [6.45, 7) is 3.41. The maximum absolute atomic E-state index is 10.3. The number of nitrogens with zero attached hydrogens (tertiary/aromatic N) is 1. The molecule has 0 radical (unpaired) electrons. The minimum Gasteiger partial charge on any atom is -0.480 e. The summed E-state index contributed by atoms with van der Waals surface area (Å²) in [6, 6.07) is 1.79. The maximum atomic E-state index is 10.3. The van der Waals surface area contributed by atoms with E-state index in [0.717, 1.165) is 18.5 Å². The Hall–Kier alpha value is -1.62. The Morgan fingerprint density at radius 2 is 2.38 bits per heavy atom. The highest BCUT2D eigenvalue weighted by molar-refractivity contribution is 5.68. The topological polar surface area (TPSA) is 71.5 Å². The molecule has 0 spiro atoms. The van der Waals surface area contributed by atoms with Gasteiger partial charge in [-0.15, -0.1) is 0 Å². The van der Waals surface area contributed by atoms with Crippen LogP contribution in [0.15, 0.2) is 18.5 Å². The Morgan fingerprint density at radius 3 is 3.06 bits per heavy atom. The van der Waals surface area contributed by atoms with Crippen molar-refractivity contribution in [3.63, 3.8) is 0 Å². The predicted molar refractivity (Wildman–Crippen MR) is 59.4 cm³/mol. The third kappa shape index (κ3) is 4.75. The second kappa shape index (κ2) is 6.79. The molecule has 0 atom stereocenters. The van der Waals surface area contributed by atoms with Gasteiger partial charge in [0.2, 0.25) is 0 Å². The van der Waals surface area contributed by atoms with Crippen LogP contribution in [0, 0.1) is 0 Å². The first-order valence-corrected chi connectivity index (χ1v) is 5.21. The fourth-order valence-corrected chi connectivity index (χ4v) is 1.19. The Bertz CT molecular complexity index is 342. The molecule has 1 rings (SSSR count). The number of hydrogen-bond donors (Lipinski definition) is 2. The van der Waals surface area contributed by atoms with Crippen LogP contribution in [0.3, 0.4) is 0 Å². The van der Waals surface area contributed by atoms with Gasteiger partial charge < -0.3 is 15.2 Å². The van der Waals surface area contributed by atoms with E-state index >= 15 is 0 Å². The molecule has 0 fully saturated rings. The fourth-order valence-electron chi connectivity index (χ4n) is 1.19. The predicted octanol–water partition coefficient (Wildman–Crippen LogP) is 1.04. The second-order valence-electron chi connectivity index (χ2n) is 3.39. The van der Waals surface area contributed by atoms with Crippen molar-refractivity contribution in [1.82, 2.24) is 10.3 Å². The summed E-state index contributed by atoms with van der Waals surface area (Å²) >= 11 is 0. The van der Waals surface area contributed by atoms with Crippen LogP contribution in [0.25, 0.3) is 0 Å². The van der Waals surface area contributed by atoms with Gasteiger partial charge >= 0.3 is 5.97 Å². The van der Waals surface area contributed by atoms with Gasteiger partial charge in [0.15, 0.2) is 6.61 Å². The molecule has 16 heavy (non-hydrogen) atoms. The van der Waals surface area contributed by atoms with Gasteiger partial charge in [0.05, 0.1) is 6.20 Å². The van der Waals surface area contributed by atoms with E-state index in [1.807, 2.05) is 0 Å². The van der Waals surface area contributed by atoms with E-state index in [2.05, 4.69) is 17.2 Å². The lowest BCUT2D eigenvalue weighted by Gasteiger charge is -2.06. The highest BCUT2D eigenvalue weighted by atomic mass is 16.5. The molecule has 0 aliphatic rings. The van der Waals surface area contributed by atoms with E-state index in [4.69, 9.17) is 9.84 Å². The van der Waals surface area contributed by atoms with Crippen molar-refractivity contribution < 1.29 is 14.6 Å². The summed E-state index contributed by atoms with van der Waals surface area (Å²) < 4.78 is 5.02. The van der Waals surface area contributed by atoms with E-state index < -0.39 is 5.97 Å². The van der Waals surface area contributed by atoms with Crippen LogP contribution >= 0.6 is 0 Å². The number of aromatic nitrogens is 1. The minimum atomic E-state index is -0.991. The molecular formula is C11H16N2O3. The summed E-state index contributed by atoms with van der Waals surface area (Å²) in [5.74, 6) is -0.507. The number of aliphatic carboxylic acids is 1. The zero-order chi connectivity index (χ0) is 11.8.